The van der Waals surface area contributed by atoms with Crippen LogP contribution in [0.5, 0.6) is 0 Å². The fourth-order valence-electron chi connectivity index (χ4n) is 5.55. The van der Waals surface area contributed by atoms with Crippen molar-refractivity contribution in [2.24, 2.45) is 0 Å². The van der Waals surface area contributed by atoms with Gasteiger partial charge in [-0.2, -0.15) is 0 Å². The van der Waals surface area contributed by atoms with Crippen LogP contribution in [0.15, 0.2) is 40.9 Å². The maximum absolute atomic E-state index is 13.5. The second kappa shape index (κ2) is 8.57. The van der Waals surface area contributed by atoms with Gasteiger partial charge in [0.1, 0.15) is 11.9 Å². The molecule has 3 aliphatic heterocycles. The van der Waals surface area contributed by atoms with Gasteiger partial charge < -0.3 is 9.42 Å². The van der Waals surface area contributed by atoms with Crippen LogP contribution in [0.25, 0.3) is 11.0 Å². The highest BCUT2D eigenvalue weighted by Gasteiger charge is 2.39. The van der Waals surface area contributed by atoms with Crippen LogP contribution in [0.1, 0.15) is 58.8 Å². The second-order valence-electron chi connectivity index (χ2n) is 9.65. The van der Waals surface area contributed by atoms with Crippen molar-refractivity contribution in [2.45, 2.75) is 50.7 Å². The zero-order valence-corrected chi connectivity index (χ0v) is 19.1. The monoisotopic (exact) mass is 476 g/mol. The molecule has 2 saturated heterocycles. The van der Waals surface area contributed by atoms with Crippen LogP contribution in [-0.4, -0.2) is 51.8 Å². The molecule has 9 heteroatoms. The molecule has 0 spiro atoms. The van der Waals surface area contributed by atoms with Gasteiger partial charge in [-0.3, -0.25) is 24.6 Å². The Kier molecular flexibility index (Phi) is 5.36. The van der Waals surface area contributed by atoms with Crippen molar-refractivity contribution < 1.29 is 23.3 Å². The zero-order chi connectivity index (χ0) is 24.1. The van der Waals surface area contributed by atoms with Gasteiger partial charge >= 0.3 is 0 Å². The minimum absolute atomic E-state index is 0.149. The fraction of sp³-hybridized carbons (Fsp3) is 0.385. The van der Waals surface area contributed by atoms with E-state index in [1.807, 2.05) is 18.2 Å². The van der Waals surface area contributed by atoms with E-state index in [4.69, 9.17) is 4.52 Å². The number of hydrogen-bond donors (Lipinski definition) is 1. The normalized spacial score (nSPS) is 21.6. The summed E-state index contributed by atoms with van der Waals surface area (Å²) in [6.07, 6.45) is 2.46. The van der Waals surface area contributed by atoms with E-state index in [0.717, 1.165) is 54.7 Å². The molecular weight excluding hydrogens is 451 g/mol. The number of carbonyl (C=O) groups excluding carboxylic acids is 3. The first-order chi connectivity index (χ1) is 17.0. The average molecular weight is 477 g/mol. The lowest BCUT2D eigenvalue weighted by atomic mass is 9.91. The Balaban J connectivity index is 1.10. The van der Waals surface area contributed by atoms with Gasteiger partial charge in [0.15, 0.2) is 5.58 Å². The van der Waals surface area contributed by atoms with E-state index in [1.165, 1.54) is 12.1 Å². The predicted molar refractivity (Wildman–Crippen MR) is 124 cm³/mol. The van der Waals surface area contributed by atoms with E-state index < -0.39 is 11.9 Å². The molecule has 3 amide bonds. The predicted octanol–water partition coefficient (Wildman–Crippen LogP) is 3.11. The third-order valence-electron chi connectivity index (χ3n) is 7.43. The van der Waals surface area contributed by atoms with Gasteiger partial charge in [-0.25, -0.2) is 4.39 Å². The number of likely N-dealkylation sites (tertiary alicyclic amines) is 1. The Labute approximate surface area is 201 Å². The van der Waals surface area contributed by atoms with Crippen molar-refractivity contribution in [2.75, 3.05) is 13.1 Å². The first-order valence-electron chi connectivity index (χ1n) is 12.0. The van der Waals surface area contributed by atoms with E-state index >= 15 is 0 Å². The highest BCUT2D eigenvalue weighted by atomic mass is 19.1. The van der Waals surface area contributed by atoms with Crippen LogP contribution in [-0.2, 0) is 22.7 Å². The molecule has 3 aliphatic rings. The van der Waals surface area contributed by atoms with Crippen LogP contribution in [0.4, 0.5) is 4.39 Å². The standard InChI is InChI=1S/C26H25FN4O4/c27-18-3-4-19-22(12-18)35-29-24(19)16-7-9-30(10-8-16)13-15-1-2-17-14-31(26(34)20(17)11-15)21-5-6-23(32)28-25(21)33/h1-4,11-12,16,21H,5-10,13-14H2,(H,28,32,33). The molecular formula is C26H25FN4O4. The van der Waals surface area contributed by atoms with Gasteiger partial charge in [0.2, 0.25) is 11.8 Å². The molecule has 1 N–H and O–H groups in total. The summed E-state index contributed by atoms with van der Waals surface area (Å²) in [7, 11) is 0. The molecule has 6 rings (SSSR count). The van der Waals surface area contributed by atoms with Crippen LogP contribution < -0.4 is 5.32 Å². The lowest BCUT2D eigenvalue weighted by Crippen LogP contribution is -2.52. The third-order valence-corrected chi connectivity index (χ3v) is 7.43. The summed E-state index contributed by atoms with van der Waals surface area (Å²) < 4.78 is 18.8. The van der Waals surface area contributed by atoms with E-state index in [0.29, 0.717) is 24.1 Å². The van der Waals surface area contributed by atoms with Crippen molar-refractivity contribution in [3.05, 3.63) is 64.6 Å². The summed E-state index contributed by atoms with van der Waals surface area (Å²) >= 11 is 0. The van der Waals surface area contributed by atoms with Gasteiger partial charge in [-0.15, -0.1) is 0 Å². The third kappa shape index (κ3) is 3.99. The Morgan fingerprint density at radius 1 is 1.06 bits per heavy atom. The van der Waals surface area contributed by atoms with Crippen molar-refractivity contribution >= 4 is 28.7 Å². The summed E-state index contributed by atoms with van der Waals surface area (Å²) in [5, 5.41) is 7.44. The lowest BCUT2D eigenvalue weighted by molar-refractivity contribution is -0.136. The number of fused-ring (bicyclic) bond motifs is 2. The summed E-state index contributed by atoms with van der Waals surface area (Å²) in [4.78, 5) is 40.7. The Morgan fingerprint density at radius 3 is 2.69 bits per heavy atom. The van der Waals surface area contributed by atoms with Gasteiger partial charge in [0, 0.05) is 42.4 Å². The maximum atomic E-state index is 13.5. The number of nitrogens with zero attached hydrogens (tertiary/aromatic N) is 3. The van der Waals surface area contributed by atoms with E-state index in [2.05, 4.69) is 15.4 Å². The summed E-state index contributed by atoms with van der Waals surface area (Å²) in [6, 6.07) is 9.91. The average Bonchev–Trinajstić information content (AvgIpc) is 3.40. The molecule has 0 saturated carbocycles. The largest absolute Gasteiger partial charge is 0.356 e. The number of nitrogens with one attached hydrogen (secondary N) is 1. The quantitative estimate of drug-likeness (QED) is 0.582. The van der Waals surface area contributed by atoms with Gasteiger partial charge in [-0.1, -0.05) is 17.3 Å². The highest BCUT2D eigenvalue weighted by molar-refractivity contribution is 6.05. The SMILES string of the molecule is O=C1CCC(N2Cc3ccc(CN4CCC(c5noc6cc(F)ccc56)CC4)cc3C2=O)C(=O)N1. The molecule has 1 unspecified atom stereocenters. The number of halogens is 1. The Hall–Kier alpha value is -3.59. The van der Waals surface area contributed by atoms with Gasteiger partial charge in [0.05, 0.1) is 5.69 Å². The smallest absolute Gasteiger partial charge is 0.255 e. The molecule has 4 heterocycles. The van der Waals surface area contributed by atoms with Gasteiger partial charge in [0.25, 0.3) is 5.91 Å². The van der Waals surface area contributed by atoms with Crippen molar-refractivity contribution in [3.63, 3.8) is 0 Å². The zero-order valence-electron chi connectivity index (χ0n) is 19.1. The molecule has 1 aromatic heterocycles. The summed E-state index contributed by atoms with van der Waals surface area (Å²) in [5.74, 6) is -0.892. The first-order valence-corrected chi connectivity index (χ1v) is 12.0. The van der Waals surface area contributed by atoms with Crippen molar-refractivity contribution in [1.29, 1.82) is 0 Å². The molecule has 180 valence electrons. The highest BCUT2D eigenvalue weighted by Crippen LogP contribution is 2.34. The topological polar surface area (TPSA) is 95.8 Å². The number of aromatic nitrogens is 1. The van der Waals surface area contributed by atoms with E-state index in [-0.39, 0.29) is 30.0 Å². The van der Waals surface area contributed by atoms with Crippen molar-refractivity contribution in [3.8, 4) is 0 Å². The summed E-state index contributed by atoms with van der Waals surface area (Å²) in [6.45, 7) is 2.89. The molecule has 3 aromatic rings. The number of rotatable bonds is 4. The first kappa shape index (κ1) is 21.9. The molecule has 35 heavy (non-hydrogen) atoms. The summed E-state index contributed by atoms with van der Waals surface area (Å²) in [5.41, 5.74) is 4.00. The number of imide groups is 1. The molecule has 0 bridgehead atoms. The molecule has 0 radical (unpaired) electrons. The molecule has 0 aliphatic carbocycles. The van der Waals surface area contributed by atoms with E-state index in [9.17, 15) is 18.8 Å². The number of hydrogen-bond acceptors (Lipinski definition) is 6. The number of carbonyl (C=O) groups is 3. The fourth-order valence-corrected chi connectivity index (χ4v) is 5.55. The maximum Gasteiger partial charge on any atom is 0.255 e. The van der Waals surface area contributed by atoms with E-state index in [1.54, 1.807) is 11.0 Å². The Morgan fingerprint density at radius 2 is 1.89 bits per heavy atom. The second-order valence-corrected chi connectivity index (χ2v) is 9.65. The minimum atomic E-state index is -0.598. The molecule has 1 atom stereocenters. The van der Waals surface area contributed by atoms with Crippen LogP contribution in [0.3, 0.4) is 0 Å². The molecule has 2 fully saturated rings. The lowest BCUT2D eigenvalue weighted by Gasteiger charge is -2.31. The van der Waals surface area contributed by atoms with Crippen LogP contribution in [0.2, 0.25) is 0 Å². The van der Waals surface area contributed by atoms with Crippen molar-refractivity contribution in [1.82, 2.24) is 20.3 Å². The number of amides is 3. The molecule has 8 nitrogen and oxygen atoms in total. The Bertz CT molecular complexity index is 1340. The number of piperidine rings is 2. The van der Waals surface area contributed by atoms with Gasteiger partial charge in [-0.05, 0) is 61.7 Å². The number of benzene rings is 2. The molecule has 2 aromatic carbocycles. The minimum Gasteiger partial charge on any atom is -0.356 e. The van der Waals surface area contributed by atoms with Crippen LogP contribution in [0, 0.1) is 5.82 Å². The van der Waals surface area contributed by atoms with Crippen LogP contribution >= 0.6 is 0 Å².